The summed E-state index contributed by atoms with van der Waals surface area (Å²) in [5.41, 5.74) is 8.48. The molecule has 2 unspecified atom stereocenters. The van der Waals surface area contributed by atoms with Crippen molar-refractivity contribution in [2.24, 2.45) is 11.7 Å². The van der Waals surface area contributed by atoms with Crippen LogP contribution in [0.15, 0.2) is 24.3 Å². The number of rotatable bonds is 7. The molecule has 0 fully saturated rings. The van der Waals surface area contributed by atoms with E-state index in [2.05, 4.69) is 45.0 Å². The van der Waals surface area contributed by atoms with Crippen molar-refractivity contribution in [3.63, 3.8) is 0 Å². The monoisotopic (exact) mass is 276 g/mol. The Morgan fingerprint density at radius 1 is 1.25 bits per heavy atom. The average molecular weight is 276 g/mol. The Kier molecular flexibility index (Phi) is 6.73. The second kappa shape index (κ2) is 8.05. The third kappa shape index (κ3) is 4.64. The summed E-state index contributed by atoms with van der Waals surface area (Å²) in [6.07, 6.45) is 1.88. The van der Waals surface area contributed by atoms with Crippen LogP contribution in [0.1, 0.15) is 44.7 Å². The number of nitrogens with two attached hydrogens (primary N) is 1. The van der Waals surface area contributed by atoms with Crippen molar-refractivity contribution in [2.45, 2.75) is 53.1 Å². The summed E-state index contributed by atoms with van der Waals surface area (Å²) in [6, 6.07) is 7.94. The van der Waals surface area contributed by atoms with Gasteiger partial charge in [0.25, 0.3) is 0 Å². The fourth-order valence-electron chi connectivity index (χ4n) is 2.16. The molecule has 1 aromatic rings. The Morgan fingerprint density at radius 3 is 2.35 bits per heavy atom. The molecule has 0 radical (unpaired) electrons. The molecule has 0 spiro atoms. The molecule has 0 aromatic heterocycles. The van der Waals surface area contributed by atoms with Crippen molar-refractivity contribution in [2.75, 3.05) is 6.54 Å². The van der Waals surface area contributed by atoms with Crippen molar-refractivity contribution in [1.29, 1.82) is 0 Å². The highest BCUT2D eigenvalue weighted by molar-refractivity contribution is 5.82. The van der Waals surface area contributed by atoms with E-state index < -0.39 is 6.04 Å². The molecule has 0 saturated carbocycles. The molecule has 0 aliphatic heterocycles. The number of amides is 1. The maximum absolute atomic E-state index is 12.5. The van der Waals surface area contributed by atoms with E-state index >= 15 is 0 Å². The van der Waals surface area contributed by atoms with Crippen molar-refractivity contribution < 1.29 is 4.79 Å². The molecule has 0 heterocycles. The zero-order valence-corrected chi connectivity index (χ0v) is 13.2. The van der Waals surface area contributed by atoms with Gasteiger partial charge in [-0.3, -0.25) is 4.79 Å². The van der Waals surface area contributed by atoms with Crippen LogP contribution in [0.3, 0.4) is 0 Å². The number of carbonyl (C=O) groups excluding carboxylic acids is 1. The molecule has 0 saturated heterocycles. The van der Waals surface area contributed by atoms with Crippen LogP contribution < -0.4 is 5.73 Å². The molecule has 3 heteroatoms. The van der Waals surface area contributed by atoms with Crippen molar-refractivity contribution in [3.05, 3.63) is 35.4 Å². The Labute approximate surface area is 123 Å². The summed E-state index contributed by atoms with van der Waals surface area (Å²) in [5.74, 6) is 0.293. The molecular formula is C17H28N2O. The maximum Gasteiger partial charge on any atom is 0.240 e. The number of hydrogen-bond acceptors (Lipinski definition) is 2. The van der Waals surface area contributed by atoms with E-state index in [1.807, 2.05) is 11.8 Å². The minimum Gasteiger partial charge on any atom is -0.337 e. The summed E-state index contributed by atoms with van der Waals surface area (Å²) in [7, 11) is 0. The Bertz CT molecular complexity index is 414. The van der Waals surface area contributed by atoms with Gasteiger partial charge in [-0.2, -0.15) is 0 Å². The van der Waals surface area contributed by atoms with Crippen molar-refractivity contribution in [3.8, 4) is 0 Å². The number of carbonyl (C=O) groups is 1. The van der Waals surface area contributed by atoms with Gasteiger partial charge in [-0.05, 0) is 24.8 Å². The van der Waals surface area contributed by atoms with Crippen LogP contribution in [0.2, 0.25) is 0 Å². The highest BCUT2D eigenvalue weighted by atomic mass is 16.2. The molecule has 3 nitrogen and oxygen atoms in total. The average Bonchev–Trinajstić information content (AvgIpc) is 2.46. The fourth-order valence-corrected chi connectivity index (χ4v) is 2.16. The maximum atomic E-state index is 12.5. The number of aryl methyl sites for hydroxylation is 1. The van der Waals surface area contributed by atoms with Gasteiger partial charge in [0.1, 0.15) is 0 Å². The van der Waals surface area contributed by atoms with E-state index in [9.17, 15) is 4.79 Å². The first-order valence-corrected chi connectivity index (χ1v) is 7.59. The van der Waals surface area contributed by atoms with E-state index in [0.717, 1.165) is 24.9 Å². The molecule has 20 heavy (non-hydrogen) atoms. The number of hydrogen-bond donors (Lipinski definition) is 1. The zero-order valence-electron chi connectivity index (χ0n) is 13.2. The van der Waals surface area contributed by atoms with Crippen LogP contribution in [0.5, 0.6) is 0 Å². The zero-order chi connectivity index (χ0) is 15.1. The van der Waals surface area contributed by atoms with Gasteiger partial charge < -0.3 is 10.6 Å². The highest BCUT2D eigenvalue weighted by Gasteiger charge is 2.24. The molecule has 0 aliphatic carbocycles. The van der Waals surface area contributed by atoms with Gasteiger partial charge in [0.15, 0.2) is 0 Å². The molecular weight excluding hydrogens is 248 g/mol. The van der Waals surface area contributed by atoms with Gasteiger partial charge in [-0.1, -0.05) is 57.0 Å². The third-order valence-electron chi connectivity index (χ3n) is 3.84. The van der Waals surface area contributed by atoms with E-state index in [-0.39, 0.29) is 11.8 Å². The lowest BCUT2D eigenvalue weighted by Crippen LogP contribution is -2.47. The number of benzene rings is 1. The van der Waals surface area contributed by atoms with Crippen LogP contribution in [-0.2, 0) is 11.3 Å². The van der Waals surface area contributed by atoms with Gasteiger partial charge in [0.05, 0.1) is 6.04 Å². The van der Waals surface area contributed by atoms with Crippen LogP contribution >= 0.6 is 0 Å². The first kappa shape index (κ1) is 16.7. The lowest BCUT2D eigenvalue weighted by Gasteiger charge is -2.28. The second-order valence-corrected chi connectivity index (χ2v) is 5.66. The largest absolute Gasteiger partial charge is 0.337 e. The molecule has 0 bridgehead atoms. The predicted molar refractivity (Wildman–Crippen MR) is 84.3 cm³/mol. The van der Waals surface area contributed by atoms with Gasteiger partial charge in [-0.25, -0.2) is 0 Å². The normalized spacial score (nSPS) is 13.8. The van der Waals surface area contributed by atoms with E-state index in [1.165, 1.54) is 5.56 Å². The molecule has 1 rings (SSSR count). The SMILES string of the molecule is CCCN(Cc1ccc(C)cc1)C(=O)C(N)C(C)CC. The van der Waals surface area contributed by atoms with Crippen molar-refractivity contribution >= 4 is 5.91 Å². The lowest BCUT2D eigenvalue weighted by atomic mass is 9.98. The molecule has 112 valence electrons. The molecule has 2 N–H and O–H groups in total. The van der Waals surface area contributed by atoms with Gasteiger partial charge >= 0.3 is 0 Å². The first-order chi connectivity index (χ1) is 9.49. The smallest absolute Gasteiger partial charge is 0.240 e. The van der Waals surface area contributed by atoms with Crippen LogP contribution in [0.25, 0.3) is 0 Å². The van der Waals surface area contributed by atoms with Crippen molar-refractivity contribution in [1.82, 2.24) is 4.90 Å². The van der Waals surface area contributed by atoms with Gasteiger partial charge in [0.2, 0.25) is 5.91 Å². The third-order valence-corrected chi connectivity index (χ3v) is 3.84. The Morgan fingerprint density at radius 2 is 1.85 bits per heavy atom. The molecule has 1 aromatic carbocycles. The summed E-state index contributed by atoms with van der Waals surface area (Å²) in [5, 5.41) is 0. The predicted octanol–water partition coefficient (Wildman–Crippen LogP) is 3.11. The first-order valence-electron chi connectivity index (χ1n) is 7.59. The lowest BCUT2D eigenvalue weighted by molar-refractivity contribution is -0.134. The van der Waals surface area contributed by atoms with E-state index in [1.54, 1.807) is 0 Å². The summed E-state index contributed by atoms with van der Waals surface area (Å²) < 4.78 is 0. The molecule has 1 amide bonds. The second-order valence-electron chi connectivity index (χ2n) is 5.66. The van der Waals surface area contributed by atoms with E-state index in [4.69, 9.17) is 5.73 Å². The number of nitrogens with zero attached hydrogens (tertiary/aromatic N) is 1. The highest BCUT2D eigenvalue weighted by Crippen LogP contribution is 2.13. The van der Waals surface area contributed by atoms with E-state index in [0.29, 0.717) is 6.54 Å². The summed E-state index contributed by atoms with van der Waals surface area (Å²) in [6.45, 7) is 9.68. The van der Waals surface area contributed by atoms with Gasteiger partial charge in [-0.15, -0.1) is 0 Å². The van der Waals surface area contributed by atoms with Crippen LogP contribution in [0.4, 0.5) is 0 Å². The minimum absolute atomic E-state index is 0.0711. The fraction of sp³-hybridized carbons (Fsp3) is 0.588. The quantitative estimate of drug-likeness (QED) is 0.831. The molecule has 2 atom stereocenters. The van der Waals surface area contributed by atoms with Crippen LogP contribution in [-0.4, -0.2) is 23.4 Å². The van der Waals surface area contributed by atoms with Crippen LogP contribution in [0, 0.1) is 12.8 Å². The topological polar surface area (TPSA) is 46.3 Å². The molecule has 0 aliphatic rings. The Balaban J connectivity index is 2.77. The summed E-state index contributed by atoms with van der Waals surface area (Å²) >= 11 is 0. The summed E-state index contributed by atoms with van der Waals surface area (Å²) in [4.78, 5) is 14.4. The standard InChI is InChI=1S/C17H28N2O/c1-5-11-19(17(20)16(18)14(4)6-2)12-15-9-7-13(3)8-10-15/h7-10,14,16H,5-6,11-12,18H2,1-4H3. The van der Waals surface area contributed by atoms with Gasteiger partial charge in [0, 0.05) is 13.1 Å². The minimum atomic E-state index is -0.392. The Hall–Kier alpha value is -1.35.